The summed E-state index contributed by atoms with van der Waals surface area (Å²) in [5.74, 6) is 1.89. The summed E-state index contributed by atoms with van der Waals surface area (Å²) in [5, 5.41) is 3.97. The Morgan fingerprint density at radius 2 is 2.14 bits per heavy atom. The van der Waals surface area contributed by atoms with Crippen molar-refractivity contribution in [1.82, 2.24) is 10.1 Å². The molecule has 0 aliphatic carbocycles. The number of benzene rings is 1. The van der Waals surface area contributed by atoms with Crippen LogP contribution >= 0.6 is 0 Å². The number of nitrogens with zero attached hydrogens (tertiary/aromatic N) is 2. The van der Waals surface area contributed by atoms with E-state index in [2.05, 4.69) is 34.3 Å². The molecule has 1 atom stereocenters. The molecule has 1 unspecified atom stereocenters. The van der Waals surface area contributed by atoms with Crippen LogP contribution in [0, 0.1) is 6.92 Å². The maximum atomic E-state index is 5.51. The predicted molar refractivity (Wildman–Crippen MR) is 81.2 cm³/mol. The Hall–Kier alpha value is -1.81. The van der Waals surface area contributed by atoms with E-state index in [0.717, 1.165) is 30.3 Å². The number of ether oxygens (including phenoxy) is 1. The zero-order valence-electron chi connectivity index (χ0n) is 12.7. The quantitative estimate of drug-likeness (QED) is 0.839. The van der Waals surface area contributed by atoms with Gasteiger partial charge in [-0.3, -0.25) is 4.90 Å². The van der Waals surface area contributed by atoms with Gasteiger partial charge in [-0.05, 0) is 50.9 Å². The van der Waals surface area contributed by atoms with Gasteiger partial charge in [0, 0.05) is 12.1 Å². The van der Waals surface area contributed by atoms with E-state index in [1.807, 2.05) is 19.9 Å². The number of aryl methyl sites for hydroxylation is 1. The summed E-state index contributed by atoms with van der Waals surface area (Å²) in [7, 11) is 0. The van der Waals surface area contributed by atoms with Crippen molar-refractivity contribution in [3.05, 3.63) is 47.3 Å². The van der Waals surface area contributed by atoms with Crippen molar-refractivity contribution < 1.29 is 9.26 Å². The van der Waals surface area contributed by atoms with E-state index in [1.54, 1.807) is 0 Å². The summed E-state index contributed by atoms with van der Waals surface area (Å²) in [4.78, 5) is 2.47. The van der Waals surface area contributed by atoms with Crippen molar-refractivity contribution in [2.45, 2.75) is 39.3 Å². The van der Waals surface area contributed by atoms with Crippen LogP contribution in [0.15, 0.2) is 34.9 Å². The van der Waals surface area contributed by atoms with Crippen LogP contribution in [0.5, 0.6) is 5.75 Å². The Bertz CT molecular complexity index is 577. The van der Waals surface area contributed by atoms with Crippen LogP contribution in [0.2, 0.25) is 0 Å². The van der Waals surface area contributed by atoms with E-state index in [0.29, 0.717) is 12.6 Å². The maximum absolute atomic E-state index is 5.51. The van der Waals surface area contributed by atoms with Gasteiger partial charge >= 0.3 is 0 Å². The topological polar surface area (TPSA) is 38.5 Å². The summed E-state index contributed by atoms with van der Waals surface area (Å²) in [5.41, 5.74) is 2.30. The summed E-state index contributed by atoms with van der Waals surface area (Å²) in [6.07, 6.45) is 2.42. The lowest BCUT2D eigenvalue weighted by Gasteiger charge is -2.23. The van der Waals surface area contributed by atoms with Gasteiger partial charge in [-0.25, -0.2) is 0 Å². The number of aromatic nitrogens is 1. The van der Waals surface area contributed by atoms with Crippen molar-refractivity contribution in [2.75, 3.05) is 13.2 Å². The van der Waals surface area contributed by atoms with Crippen LogP contribution in [-0.2, 0) is 6.54 Å². The lowest BCUT2D eigenvalue weighted by atomic mass is 10.0. The van der Waals surface area contributed by atoms with Crippen LogP contribution in [0.1, 0.15) is 42.8 Å². The molecule has 112 valence electrons. The molecular weight excluding hydrogens is 264 g/mol. The van der Waals surface area contributed by atoms with Gasteiger partial charge < -0.3 is 9.26 Å². The highest BCUT2D eigenvalue weighted by atomic mass is 16.5. The minimum Gasteiger partial charge on any atom is -0.494 e. The van der Waals surface area contributed by atoms with Crippen molar-refractivity contribution in [1.29, 1.82) is 0 Å². The monoisotopic (exact) mass is 286 g/mol. The second-order valence-corrected chi connectivity index (χ2v) is 5.57. The largest absolute Gasteiger partial charge is 0.494 e. The molecule has 2 aromatic rings. The molecule has 0 amide bonds. The average Bonchev–Trinajstić information content (AvgIpc) is 3.10. The number of hydrogen-bond acceptors (Lipinski definition) is 4. The number of likely N-dealkylation sites (tertiary alicyclic amines) is 1. The molecule has 0 saturated carbocycles. The molecule has 3 rings (SSSR count). The van der Waals surface area contributed by atoms with Crippen molar-refractivity contribution >= 4 is 0 Å². The Morgan fingerprint density at radius 1 is 1.33 bits per heavy atom. The van der Waals surface area contributed by atoms with E-state index in [-0.39, 0.29) is 0 Å². The molecule has 1 aromatic heterocycles. The molecule has 1 aliphatic rings. The average molecular weight is 286 g/mol. The second kappa shape index (κ2) is 6.31. The maximum Gasteiger partial charge on any atom is 0.150 e. The normalized spacial score (nSPS) is 19.0. The highest BCUT2D eigenvalue weighted by Gasteiger charge is 2.26. The molecule has 1 fully saturated rings. The molecule has 0 bridgehead atoms. The lowest BCUT2D eigenvalue weighted by Crippen LogP contribution is -2.22. The van der Waals surface area contributed by atoms with Gasteiger partial charge in [-0.2, -0.15) is 0 Å². The van der Waals surface area contributed by atoms with Crippen LogP contribution in [0.4, 0.5) is 0 Å². The Kier molecular flexibility index (Phi) is 4.25. The van der Waals surface area contributed by atoms with Gasteiger partial charge in [0.1, 0.15) is 5.75 Å². The smallest absolute Gasteiger partial charge is 0.150 e. The molecular formula is C17H22N2O2. The van der Waals surface area contributed by atoms with E-state index < -0.39 is 0 Å². The predicted octanol–water partition coefficient (Wildman–Crippen LogP) is 3.72. The Balaban J connectivity index is 1.71. The molecule has 0 radical (unpaired) electrons. The lowest BCUT2D eigenvalue weighted by molar-refractivity contribution is 0.216. The first-order valence-corrected chi connectivity index (χ1v) is 7.65. The van der Waals surface area contributed by atoms with Crippen LogP contribution < -0.4 is 4.74 Å². The Labute approximate surface area is 125 Å². The van der Waals surface area contributed by atoms with E-state index >= 15 is 0 Å². The van der Waals surface area contributed by atoms with Gasteiger partial charge in [-0.1, -0.05) is 17.3 Å². The molecule has 2 heterocycles. The van der Waals surface area contributed by atoms with Crippen LogP contribution in [0.3, 0.4) is 0 Å². The van der Waals surface area contributed by atoms with Crippen molar-refractivity contribution in [2.24, 2.45) is 0 Å². The summed E-state index contributed by atoms with van der Waals surface area (Å²) in [6.45, 7) is 6.61. The van der Waals surface area contributed by atoms with Crippen LogP contribution in [-0.4, -0.2) is 23.2 Å². The number of rotatable bonds is 5. The summed E-state index contributed by atoms with van der Waals surface area (Å²) >= 11 is 0. The summed E-state index contributed by atoms with van der Waals surface area (Å²) in [6, 6.07) is 11.0. The fourth-order valence-electron chi connectivity index (χ4n) is 3.04. The zero-order valence-corrected chi connectivity index (χ0v) is 12.7. The third kappa shape index (κ3) is 3.27. The fourth-order valence-corrected chi connectivity index (χ4v) is 3.04. The first-order chi connectivity index (χ1) is 10.3. The SMILES string of the molecule is CCOc1ccc(C2CCCN2Cc2cc(C)no2)cc1. The highest BCUT2D eigenvalue weighted by molar-refractivity contribution is 5.29. The molecule has 1 aliphatic heterocycles. The van der Waals surface area contributed by atoms with Crippen LogP contribution in [0.25, 0.3) is 0 Å². The molecule has 1 saturated heterocycles. The molecule has 4 nitrogen and oxygen atoms in total. The van der Waals surface area contributed by atoms with Crippen molar-refractivity contribution in [3.8, 4) is 5.75 Å². The first-order valence-electron chi connectivity index (χ1n) is 7.65. The summed E-state index contributed by atoms with van der Waals surface area (Å²) < 4.78 is 10.9. The highest BCUT2D eigenvalue weighted by Crippen LogP contribution is 2.33. The standard InChI is InChI=1S/C17H22N2O2/c1-3-20-15-8-6-14(7-9-15)17-5-4-10-19(17)12-16-11-13(2)18-21-16/h6-9,11,17H,3-5,10,12H2,1-2H3. The van der Waals surface area contributed by atoms with E-state index in [9.17, 15) is 0 Å². The third-order valence-electron chi connectivity index (χ3n) is 3.98. The van der Waals surface area contributed by atoms with Gasteiger partial charge in [-0.15, -0.1) is 0 Å². The molecule has 21 heavy (non-hydrogen) atoms. The number of hydrogen-bond donors (Lipinski definition) is 0. The Morgan fingerprint density at radius 3 is 2.81 bits per heavy atom. The minimum atomic E-state index is 0.464. The zero-order chi connectivity index (χ0) is 14.7. The van der Waals surface area contributed by atoms with Gasteiger partial charge in [0.2, 0.25) is 0 Å². The molecule has 1 aromatic carbocycles. The van der Waals surface area contributed by atoms with Crippen molar-refractivity contribution in [3.63, 3.8) is 0 Å². The van der Waals surface area contributed by atoms with Gasteiger partial charge in [0.25, 0.3) is 0 Å². The molecule has 4 heteroatoms. The van der Waals surface area contributed by atoms with E-state index in [4.69, 9.17) is 9.26 Å². The molecule has 0 N–H and O–H groups in total. The minimum absolute atomic E-state index is 0.464. The van der Waals surface area contributed by atoms with Gasteiger partial charge in [0.05, 0.1) is 18.8 Å². The van der Waals surface area contributed by atoms with E-state index in [1.165, 1.54) is 18.4 Å². The fraction of sp³-hybridized carbons (Fsp3) is 0.471. The first kappa shape index (κ1) is 14.1. The third-order valence-corrected chi connectivity index (χ3v) is 3.98. The molecule has 0 spiro atoms. The second-order valence-electron chi connectivity index (χ2n) is 5.57. The van der Waals surface area contributed by atoms with Gasteiger partial charge in [0.15, 0.2) is 5.76 Å².